The number of carbonyl (C=O) groups excluding carboxylic acids is 1. The molecule has 1 aromatic rings. The molecule has 0 unspecified atom stereocenters. The van der Waals surface area contributed by atoms with E-state index >= 15 is 0 Å². The van der Waals surface area contributed by atoms with Crippen LogP contribution in [0.5, 0.6) is 11.5 Å². The average molecular weight is 334 g/mol. The molecular weight excluding hydrogens is 304 g/mol. The van der Waals surface area contributed by atoms with Crippen LogP contribution in [0.3, 0.4) is 0 Å². The molecule has 5 heteroatoms. The van der Waals surface area contributed by atoms with E-state index < -0.39 is 0 Å². The Morgan fingerprint density at radius 3 is 2.08 bits per heavy atom. The summed E-state index contributed by atoms with van der Waals surface area (Å²) in [6, 6.07) is 7.47. The molecule has 2 N–H and O–H groups in total. The van der Waals surface area contributed by atoms with Gasteiger partial charge >= 0.3 is 0 Å². The van der Waals surface area contributed by atoms with Gasteiger partial charge in [-0.15, -0.1) is 0 Å². The Morgan fingerprint density at radius 2 is 1.58 bits per heavy atom. The maximum atomic E-state index is 12.2. The largest absolute Gasteiger partial charge is 0.494 e. The molecule has 1 aliphatic heterocycles. The first-order valence-corrected chi connectivity index (χ1v) is 8.63. The number of hydrogen-bond donors (Lipinski definition) is 2. The molecule has 1 aromatic carbocycles. The van der Waals surface area contributed by atoms with Crippen molar-refractivity contribution in [1.29, 1.82) is 0 Å². The standard InChI is InChI=1S/C19H30N2O3/c1-6-23-15-7-9-16(10-8-15)24-13-17(22)20-14-11-18(2,3)21-19(4,5)12-14/h7-10,14,21H,6,11-13H2,1-5H3,(H,20,22). The van der Waals surface area contributed by atoms with Crippen LogP contribution in [0.1, 0.15) is 47.5 Å². The smallest absolute Gasteiger partial charge is 0.258 e. The highest BCUT2D eigenvalue weighted by Gasteiger charge is 2.38. The number of nitrogens with one attached hydrogen (secondary N) is 2. The molecule has 0 radical (unpaired) electrons. The van der Waals surface area contributed by atoms with Crippen molar-refractivity contribution < 1.29 is 14.3 Å². The lowest BCUT2D eigenvalue weighted by atomic mass is 9.79. The molecule has 0 aromatic heterocycles. The van der Waals surface area contributed by atoms with Gasteiger partial charge in [-0.3, -0.25) is 4.79 Å². The van der Waals surface area contributed by atoms with Crippen molar-refractivity contribution in [3.8, 4) is 11.5 Å². The number of carbonyl (C=O) groups is 1. The zero-order valence-corrected chi connectivity index (χ0v) is 15.4. The van der Waals surface area contributed by atoms with E-state index in [9.17, 15) is 4.79 Å². The van der Waals surface area contributed by atoms with E-state index in [1.165, 1.54) is 0 Å². The summed E-state index contributed by atoms with van der Waals surface area (Å²) in [7, 11) is 0. The molecule has 0 bridgehead atoms. The third kappa shape index (κ3) is 5.71. The highest BCUT2D eigenvalue weighted by Crippen LogP contribution is 2.28. The number of amides is 1. The van der Waals surface area contributed by atoms with Gasteiger partial charge in [-0.1, -0.05) is 0 Å². The van der Waals surface area contributed by atoms with Crippen LogP contribution in [0, 0.1) is 0 Å². The minimum atomic E-state index is -0.0811. The SMILES string of the molecule is CCOc1ccc(OCC(=O)NC2CC(C)(C)NC(C)(C)C2)cc1. The number of piperidine rings is 1. The van der Waals surface area contributed by atoms with Gasteiger partial charge in [0.1, 0.15) is 11.5 Å². The van der Waals surface area contributed by atoms with Crippen molar-refractivity contribution in [2.24, 2.45) is 0 Å². The fraction of sp³-hybridized carbons (Fsp3) is 0.632. The number of rotatable bonds is 6. The van der Waals surface area contributed by atoms with Crippen LogP contribution in [0.15, 0.2) is 24.3 Å². The highest BCUT2D eigenvalue weighted by molar-refractivity contribution is 5.77. The summed E-state index contributed by atoms with van der Waals surface area (Å²) in [5.74, 6) is 1.38. The summed E-state index contributed by atoms with van der Waals surface area (Å²) in [6.45, 7) is 11.3. The molecule has 1 heterocycles. The van der Waals surface area contributed by atoms with Crippen molar-refractivity contribution in [2.75, 3.05) is 13.2 Å². The van der Waals surface area contributed by atoms with Crippen molar-refractivity contribution in [2.45, 2.75) is 64.6 Å². The second-order valence-corrected chi connectivity index (χ2v) is 7.76. The van der Waals surface area contributed by atoms with E-state index in [1.807, 2.05) is 31.2 Å². The van der Waals surface area contributed by atoms with Gasteiger partial charge in [0, 0.05) is 17.1 Å². The van der Waals surface area contributed by atoms with Crippen LogP contribution in [0.2, 0.25) is 0 Å². The van der Waals surface area contributed by atoms with Gasteiger partial charge in [0.05, 0.1) is 6.61 Å². The third-order valence-electron chi connectivity index (χ3n) is 4.06. The number of ether oxygens (including phenoxy) is 2. The van der Waals surface area contributed by atoms with Crippen molar-refractivity contribution >= 4 is 5.91 Å². The van der Waals surface area contributed by atoms with Gasteiger partial charge in [0.2, 0.25) is 0 Å². The summed E-state index contributed by atoms with van der Waals surface area (Å²) in [5, 5.41) is 6.72. The fourth-order valence-corrected chi connectivity index (χ4v) is 3.64. The van der Waals surface area contributed by atoms with E-state index in [2.05, 4.69) is 38.3 Å². The molecule has 134 valence electrons. The van der Waals surface area contributed by atoms with E-state index in [4.69, 9.17) is 9.47 Å². The minimum absolute atomic E-state index is 0.00959. The van der Waals surface area contributed by atoms with Crippen LogP contribution in [0.25, 0.3) is 0 Å². The first-order chi connectivity index (χ1) is 11.2. The van der Waals surface area contributed by atoms with Crippen molar-refractivity contribution in [1.82, 2.24) is 10.6 Å². The summed E-state index contributed by atoms with van der Waals surface area (Å²) in [6.07, 6.45) is 1.82. The van der Waals surface area contributed by atoms with Crippen LogP contribution in [-0.4, -0.2) is 36.2 Å². The molecule has 1 saturated heterocycles. The molecular formula is C19H30N2O3. The lowest BCUT2D eigenvalue weighted by molar-refractivity contribution is -0.124. The molecule has 0 aliphatic carbocycles. The maximum Gasteiger partial charge on any atom is 0.258 e. The second kappa shape index (κ2) is 7.43. The predicted molar refractivity (Wildman–Crippen MR) is 95.6 cm³/mol. The van der Waals surface area contributed by atoms with Crippen LogP contribution < -0.4 is 20.1 Å². The van der Waals surface area contributed by atoms with E-state index in [-0.39, 0.29) is 29.6 Å². The average Bonchev–Trinajstić information content (AvgIpc) is 2.43. The Balaban J connectivity index is 1.82. The normalized spacial score (nSPS) is 19.5. The first kappa shape index (κ1) is 18.6. The summed E-state index contributed by atoms with van der Waals surface area (Å²) in [4.78, 5) is 12.2. The maximum absolute atomic E-state index is 12.2. The van der Waals surface area contributed by atoms with Gasteiger partial charge in [-0.25, -0.2) is 0 Å². The van der Waals surface area contributed by atoms with E-state index in [1.54, 1.807) is 0 Å². The Kier molecular flexibility index (Phi) is 5.75. The Labute approximate surface area is 145 Å². The monoisotopic (exact) mass is 334 g/mol. The molecule has 2 rings (SSSR count). The quantitative estimate of drug-likeness (QED) is 0.840. The Bertz CT molecular complexity index is 536. The van der Waals surface area contributed by atoms with Crippen LogP contribution in [-0.2, 0) is 4.79 Å². The molecule has 5 nitrogen and oxygen atoms in total. The molecule has 0 atom stereocenters. The summed E-state index contributed by atoms with van der Waals surface area (Å²) >= 11 is 0. The lowest BCUT2D eigenvalue weighted by Crippen LogP contribution is -2.62. The van der Waals surface area contributed by atoms with Crippen molar-refractivity contribution in [3.05, 3.63) is 24.3 Å². The first-order valence-electron chi connectivity index (χ1n) is 8.63. The van der Waals surface area contributed by atoms with Crippen LogP contribution in [0.4, 0.5) is 0 Å². The molecule has 1 amide bonds. The topological polar surface area (TPSA) is 59.6 Å². The van der Waals surface area contributed by atoms with E-state index in [0.29, 0.717) is 12.4 Å². The third-order valence-corrected chi connectivity index (χ3v) is 4.06. The zero-order valence-electron chi connectivity index (χ0n) is 15.4. The number of hydrogen-bond acceptors (Lipinski definition) is 4. The fourth-order valence-electron chi connectivity index (χ4n) is 3.64. The Morgan fingerprint density at radius 1 is 1.08 bits per heavy atom. The van der Waals surface area contributed by atoms with Crippen LogP contribution >= 0.6 is 0 Å². The van der Waals surface area contributed by atoms with Gasteiger partial charge in [-0.05, 0) is 71.7 Å². The van der Waals surface area contributed by atoms with Gasteiger partial charge in [0.15, 0.2) is 6.61 Å². The molecule has 1 aliphatic rings. The molecule has 0 spiro atoms. The minimum Gasteiger partial charge on any atom is -0.494 e. The molecule has 0 saturated carbocycles. The highest BCUT2D eigenvalue weighted by atomic mass is 16.5. The molecule has 1 fully saturated rings. The number of benzene rings is 1. The van der Waals surface area contributed by atoms with Crippen molar-refractivity contribution in [3.63, 3.8) is 0 Å². The van der Waals surface area contributed by atoms with Gasteiger partial charge < -0.3 is 20.1 Å². The summed E-state index contributed by atoms with van der Waals surface area (Å²) in [5.41, 5.74) is 0.0192. The Hall–Kier alpha value is -1.75. The molecule has 24 heavy (non-hydrogen) atoms. The lowest BCUT2D eigenvalue weighted by Gasteiger charge is -2.46. The predicted octanol–water partition coefficient (Wildman–Crippen LogP) is 2.89. The second-order valence-electron chi connectivity index (χ2n) is 7.76. The zero-order chi connectivity index (χ0) is 17.8. The summed E-state index contributed by atoms with van der Waals surface area (Å²) < 4.78 is 10.9. The van der Waals surface area contributed by atoms with Gasteiger partial charge in [0.25, 0.3) is 5.91 Å². The van der Waals surface area contributed by atoms with E-state index in [0.717, 1.165) is 18.6 Å². The van der Waals surface area contributed by atoms with Gasteiger partial charge in [-0.2, -0.15) is 0 Å².